The van der Waals surface area contributed by atoms with Crippen molar-refractivity contribution in [2.45, 2.75) is 0 Å². The first-order valence-corrected chi connectivity index (χ1v) is 18.8. The van der Waals surface area contributed by atoms with Gasteiger partial charge in [-0.3, -0.25) is 0 Å². The highest BCUT2D eigenvalue weighted by Crippen LogP contribution is 2.44. The standard InChI is InChI=1S/C51H25N5O2/c1-54-33-15-21-47-43(25-33)41-19-17-39-37-7-3-5-9-45(37)56(49(39)51(41)58-47)35-24-32(31-13-10-29(27-52)11-14-31)23-34(26-35)55-44-8-4-2-6-36(44)38-16-18-40-42-22-30(28-53)12-20-46(42)57-50(40)48(38)55/h2-26H. The summed E-state index contributed by atoms with van der Waals surface area (Å²) in [5, 5.41) is 27.4. The van der Waals surface area contributed by atoms with E-state index in [1.807, 2.05) is 48.5 Å². The van der Waals surface area contributed by atoms with E-state index in [9.17, 15) is 10.5 Å². The lowest BCUT2D eigenvalue weighted by atomic mass is 10.0. The minimum Gasteiger partial charge on any atom is -0.454 e. The second-order valence-electron chi connectivity index (χ2n) is 14.6. The normalized spacial score (nSPS) is 11.7. The largest absolute Gasteiger partial charge is 0.454 e. The van der Waals surface area contributed by atoms with E-state index in [2.05, 4.69) is 117 Å². The Morgan fingerprint density at radius 2 is 0.966 bits per heavy atom. The van der Waals surface area contributed by atoms with Crippen molar-refractivity contribution < 1.29 is 8.83 Å². The number of hydrogen-bond acceptors (Lipinski definition) is 4. The minimum atomic E-state index is 0.561. The summed E-state index contributed by atoms with van der Waals surface area (Å²) in [5.74, 6) is 0. The van der Waals surface area contributed by atoms with Gasteiger partial charge >= 0.3 is 0 Å². The van der Waals surface area contributed by atoms with Gasteiger partial charge in [-0.1, -0.05) is 66.7 Å². The molecule has 7 nitrogen and oxygen atoms in total. The van der Waals surface area contributed by atoms with Crippen molar-refractivity contribution in [2.75, 3.05) is 0 Å². The predicted molar refractivity (Wildman–Crippen MR) is 231 cm³/mol. The maximum absolute atomic E-state index is 9.75. The van der Waals surface area contributed by atoms with Crippen LogP contribution in [0.2, 0.25) is 0 Å². The number of furan rings is 2. The summed E-state index contributed by atoms with van der Waals surface area (Å²) < 4.78 is 18.0. The van der Waals surface area contributed by atoms with Crippen LogP contribution in [0.5, 0.6) is 0 Å². The van der Waals surface area contributed by atoms with Gasteiger partial charge < -0.3 is 18.0 Å². The number of aromatic nitrogens is 2. The Morgan fingerprint density at radius 1 is 0.448 bits per heavy atom. The molecule has 0 radical (unpaired) electrons. The third-order valence-corrected chi connectivity index (χ3v) is 11.6. The van der Waals surface area contributed by atoms with E-state index in [1.165, 1.54) is 0 Å². The Morgan fingerprint density at radius 3 is 1.53 bits per heavy atom. The molecule has 8 aromatic carbocycles. The molecule has 0 saturated heterocycles. The molecule has 12 aromatic rings. The number of hydrogen-bond donors (Lipinski definition) is 0. The molecule has 4 aromatic heterocycles. The molecule has 0 fully saturated rings. The van der Waals surface area contributed by atoms with E-state index in [1.54, 1.807) is 12.1 Å². The van der Waals surface area contributed by atoms with Crippen LogP contribution in [-0.2, 0) is 0 Å². The zero-order valence-electron chi connectivity index (χ0n) is 30.5. The van der Waals surface area contributed by atoms with E-state index in [0.717, 1.165) is 104 Å². The third-order valence-electron chi connectivity index (χ3n) is 11.6. The maximum Gasteiger partial charge on any atom is 0.188 e. The van der Waals surface area contributed by atoms with Gasteiger partial charge in [-0.2, -0.15) is 10.5 Å². The monoisotopic (exact) mass is 739 g/mol. The molecule has 0 aliphatic heterocycles. The number of rotatable bonds is 3. The second-order valence-corrected chi connectivity index (χ2v) is 14.6. The van der Waals surface area contributed by atoms with E-state index in [-0.39, 0.29) is 0 Å². The molecule has 4 heterocycles. The summed E-state index contributed by atoms with van der Waals surface area (Å²) in [5.41, 5.74) is 12.3. The van der Waals surface area contributed by atoms with E-state index >= 15 is 0 Å². The summed E-state index contributed by atoms with van der Waals surface area (Å²) in [7, 11) is 0. The fourth-order valence-corrected chi connectivity index (χ4v) is 8.99. The van der Waals surface area contributed by atoms with Crippen molar-refractivity contribution in [1.29, 1.82) is 10.5 Å². The maximum atomic E-state index is 9.75. The van der Waals surface area contributed by atoms with Gasteiger partial charge in [0.25, 0.3) is 0 Å². The number of fused-ring (bicyclic) bond motifs is 14. The minimum absolute atomic E-state index is 0.561. The molecule has 0 unspecified atom stereocenters. The molecular weight excluding hydrogens is 715 g/mol. The Kier molecular flexibility index (Phi) is 6.41. The highest BCUT2D eigenvalue weighted by atomic mass is 16.3. The van der Waals surface area contributed by atoms with Crippen LogP contribution in [0.3, 0.4) is 0 Å². The highest BCUT2D eigenvalue weighted by molar-refractivity contribution is 6.23. The number of nitrogens with zero attached hydrogens (tertiary/aromatic N) is 5. The van der Waals surface area contributed by atoms with Gasteiger partial charge in [0.1, 0.15) is 11.2 Å². The van der Waals surface area contributed by atoms with E-state index in [0.29, 0.717) is 22.4 Å². The number of benzene rings is 8. The van der Waals surface area contributed by atoms with Crippen LogP contribution < -0.4 is 0 Å². The Labute approximate surface area is 329 Å². The van der Waals surface area contributed by atoms with Crippen LogP contribution >= 0.6 is 0 Å². The summed E-state index contributed by atoms with van der Waals surface area (Å²) in [6.07, 6.45) is 0. The fourth-order valence-electron chi connectivity index (χ4n) is 8.99. The van der Waals surface area contributed by atoms with Crippen molar-refractivity contribution in [3.05, 3.63) is 174 Å². The lowest BCUT2D eigenvalue weighted by Crippen LogP contribution is -2.00. The summed E-state index contributed by atoms with van der Waals surface area (Å²) in [6.45, 7) is 7.67. The van der Waals surface area contributed by atoms with Gasteiger partial charge in [0, 0.05) is 54.5 Å². The van der Waals surface area contributed by atoms with Crippen LogP contribution in [0, 0.1) is 29.2 Å². The zero-order valence-corrected chi connectivity index (χ0v) is 30.5. The molecule has 0 bridgehead atoms. The topological polar surface area (TPSA) is 88.1 Å². The number of nitriles is 2. The Balaban J connectivity index is 1.23. The van der Waals surface area contributed by atoms with Gasteiger partial charge in [-0.05, 0) is 96.1 Å². The molecule has 12 rings (SSSR count). The molecular formula is C51H25N5O2. The van der Waals surface area contributed by atoms with Crippen molar-refractivity contribution in [3.8, 4) is 34.6 Å². The van der Waals surface area contributed by atoms with Crippen LogP contribution in [0.1, 0.15) is 11.1 Å². The van der Waals surface area contributed by atoms with Crippen molar-refractivity contribution in [3.63, 3.8) is 0 Å². The molecule has 266 valence electrons. The lowest BCUT2D eigenvalue weighted by molar-refractivity contribution is 0.671. The highest BCUT2D eigenvalue weighted by Gasteiger charge is 2.23. The molecule has 0 saturated carbocycles. The Hall–Kier alpha value is -8.57. The zero-order chi connectivity index (χ0) is 38.6. The van der Waals surface area contributed by atoms with Gasteiger partial charge in [-0.15, -0.1) is 0 Å². The lowest BCUT2D eigenvalue weighted by Gasteiger charge is -2.16. The van der Waals surface area contributed by atoms with Crippen LogP contribution in [0.25, 0.3) is 115 Å². The summed E-state index contributed by atoms with van der Waals surface area (Å²) in [6, 6.07) is 55.3. The average molecular weight is 740 g/mol. The average Bonchev–Trinajstić information content (AvgIpc) is 4.03. The predicted octanol–water partition coefficient (Wildman–Crippen LogP) is 13.6. The van der Waals surface area contributed by atoms with Crippen LogP contribution in [0.15, 0.2) is 160 Å². The van der Waals surface area contributed by atoms with Gasteiger partial charge in [0.2, 0.25) is 0 Å². The molecule has 0 aliphatic rings. The van der Waals surface area contributed by atoms with Crippen LogP contribution in [-0.4, -0.2) is 9.13 Å². The quantitative estimate of drug-likeness (QED) is 0.169. The van der Waals surface area contributed by atoms with Gasteiger partial charge in [-0.25, -0.2) is 4.85 Å². The molecule has 0 spiro atoms. The summed E-state index contributed by atoms with van der Waals surface area (Å²) >= 11 is 0. The van der Waals surface area contributed by atoms with Crippen molar-refractivity contribution >= 4 is 93.2 Å². The molecule has 0 N–H and O–H groups in total. The van der Waals surface area contributed by atoms with E-state index in [4.69, 9.17) is 15.4 Å². The van der Waals surface area contributed by atoms with Crippen molar-refractivity contribution in [1.82, 2.24) is 9.13 Å². The molecule has 7 heteroatoms. The van der Waals surface area contributed by atoms with Crippen molar-refractivity contribution in [2.24, 2.45) is 0 Å². The summed E-state index contributed by atoms with van der Waals surface area (Å²) in [4.78, 5) is 3.70. The first kappa shape index (κ1) is 31.7. The SMILES string of the molecule is [C-]#[N+]c1ccc2oc3c(ccc4c5ccccc5n(-c5cc(-c6ccc(C#N)cc6)cc(-n6c7ccccc7c7ccc8c9cc(C#N)ccc9oc8c76)c5)c43)c2c1. The molecule has 58 heavy (non-hydrogen) atoms. The first-order valence-electron chi connectivity index (χ1n) is 18.8. The van der Waals surface area contributed by atoms with E-state index < -0.39 is 0 Å². The molecule has 0 atom stereocenters. The number of para-hydroxylation sites is 2. The second kappa shape index (κ2) is 11.7. The van der Waals surface area contributed by atoms with Crippen LogP contribution in [0.4, 0.5) is 5.69 Å². The smallest absolute Gasteiger partial charge is 0.188 e. The molecule has 0 aliphatic carbocycles. The third kappa shape index (κ3) is 4.34. The molecule has 0 amide bonds. The fraction of sp³-hybridized carbons (Fsp3) is 0. The van der Waals surface area contributed by atoms with Gasteiger partial charge in [0.15, 0.2) is 16.9 Å². The van der Waals surface area contributed by atoms with Gasteiger partial charge in [0.05, 0.1) is 51.9 Å². The Bertz CT molecular complexity index is 3670. The first-order chi connectivity index (χ1) is 28.6.